The van der Waals surface area contributed by atoms with E-state index in [1.54, 1.807) is 0 Å². The third-order valence-electron chi connectivity index (χ3n) is 2.89. The van der Waals surface area contributed by atoms with E-state index < -0.39 is 0 Å². The van der Waals surface area contributed by atoms with E-state index in [2.05, 4.69) is 22.0 Å². The van der Waals surface area contributed by atoms with Crippen LogP contribution in [0.3, 0.4) is 0 Å². The number of aliphatic hydroxyl groups excluding tert-OH is 1. The van der Waals surface area contributed by atoms with E-state index in [0.29, 0.717) is 0 Å². The highest BCUT2D eigenvalue weighted by Crippen LogP contribution is 2.36. The van der Waals surface area contributed by atoms with Gasteiger partial charge in [-0.3, -0.25) is 0 Å². The van der Waals surface area contributed by atoms with Gasteiger partial charge in [-0.2, -0.15) is 0 Å². The van der Waals surface area contributed by atoms with Crippen LogP contribution in [0.25, 0.3) is 0 Å². The molecule has 1 aromatic carbocycles. The van der Waals surface area contributed by atoms with E-state index in [-0.39, 0.29) is 18.6 Å². The van der Waals surface area contributed by atoms with Gasteiger partial charge in [0.15, 0.2) is 0 Å². The summed E-state index contributed by atoms with van der Waals surface area (Å²) in [5.41, 5.74) is 1.15. The summed E-state index contributed by atoms with van der Waals surface area (Å²) in [6, 6.07) is 8.07. The maximum absolute atomic E-state index is 9.32. The predicted molar refractivity (Wildman–Crippen MR) is 62.6 cm³/mol. The number of aliphatic hydroxyl groups is 1. The Hall–Kier alpha value is -0.380. The molecule has 1 fully saturated rings. The van der Waals surface area contributed by atoms with Crippen LogP contribution in [0.1, 0.15) is 24.5 Å². The molecule has 82 valence electrons. The molecule has 0 radical (unpaired) electrons. The van der Waals surface area contributed by atoms with Gasteiger partial charge in [0.25, 0.3) is 0 Å². The van der Waals surface area contributed by atoms with E-state index in [0.717, 1.165) is 29.5 Å². The molecule has 1 N–H and O–H groups in total. The molecule has 0 saturated carbocycles. The Bertz CT molecular complexity index is 327. The van der Waals surface area contributed by atoms with Gasteiger partial charge in [-0.25, -0.2) is 0 Å². The summed E-state index contributed by atoms with van der Waals surface area (Å²) in [4.78, 5) is 0. The predicted octanol–water partition coefficient (Wildman–Crippen LogP) is 2.91. The Labute approximate surface area is 98.4 Å². The average Bonchev–Trinajstić information content (AvgIpc) is 2.30. The van der Waals surface area contributed by atoms with Crippen molar-refractivity contribution in [2.24, 2.45) is 5.92 Å². The van der Waals surface area contributed by atoms with Gasteiger partial charge in [0.2, 0.25) is 0 Å². The minimum absolute atomic E-state index is 0.0410. The number of hydrogen-bond donors (Lipinski definition) is 1. The second-order valence-corrected chi connectivity index (χ2v) is 4.75. The van der Waals surface area contributed by atoms with Gasteiger partial charge >= 0.3 is 0 Å². The smallest absolute Gasteiger partial charge is 0.0885 e. The Morgan fingerprint density at radius 2 is 2.20 bits per heavy atom. The van der Waals surface area contributed by atoms with Gasteiger partial charge in [-0.15, -0.1) is 0 Å². The summed E-state index contributed by atoms with van der Waals surface area (Å²) in [5.74, 6) is 0.234. The standard InChI is InChI=1S/C12H15BrO2/c13-11-6-2-1-5-10(11)12-9(8-14)4-3-7-15-12/h1-2,5-6,9,12,14H,3-4,7-8H2. The van der Waals surface area contributed by atoms with E-state index in [1.165, 1.54) is 0 Å². The Morgan fingerprint density at radius 1 is 1.40 bits per heavy atom. The van der Waals surface area contributed by atoms with E-state index in [1.807, 2.05) is 18.2 Å². The molecular weight excluding hydrogens is 256 g/mol. The lowest BCUT2D eigenvalue weighted by Crippen LogP contribution is -2.25. The van der Waals surface area contributed by atoms with Crippen LogP contribution >= 0.6 is 15.9 Å². The second kappa shape index (κ2) is 5.10. The number of halogens is 1. The Kier molecular flexibility index (Phi) is 3.78. The molecule has 3 heteroatoms. The van der Waals surface area contributed by atoms with Gasteiger partial charge in [0.05, 0.1) is 6.10 Å². The summed E-state index contributed by atoms with van der Waals surface area (Å²) >= 11 is 3.53. The molecule has 2 nitrogen and oxygen atoms in total. The maximum Gasteiger partial charge on any atom is 0.0885 e. The highest BCUT2D eigenvalue weighted by molar-refractivity contribution is 9.10. The first-order valence-corrected chi connectivity index (χ1v) is 6.09. The second-order valence-electron chi connectivity index (χ2n) is 3.90. The number of ether oxygens (including phenoxy) is 1. The largest absolute Gasteiger partial charge is 0.396 e. The molecule has 0 amide bonds. The number of benzene rings is 1. The highest BCUT2D eigenvalue weighted by Gasteiger charge is 2.27. The summed E-state index contributed by atoms with van der Waals surface area (Å²) < 4.78 is 6.82. The molecule has 2 unspecified atom stereocenters. The zero-order valence-electron chi connectivity index (χ0n) is 8.53. The third-order valence-corrected chi connectivity index (χ3v) is 3.61. The molecule has 1 aromatic rings. The lowest BCUT2D eigenvalue weighted by molar-refractivity contribution is -0.0460. The highest BCUT2D eigenvalue weighted by atomic mass is 79.9. The first-order valence-electron chi connectivity index (χ1n) is 5.30. The lowest BCUT2D eigenvalue weighted by atomic mass is 9.90. The van der Waals surface area contributed by atoms with Crippen molar-refractivity contribution in [1.82, 2.24) is 0 Å². The van der Waals surface area contributed by atoms with E-state index in [4.69, 9.17) is 4.74 Å². The van der Waals surface area contributed by atoms with Crippen molar-refractivity contribution in [2.75, 3.05) is 13.2 Å². The van der Waals surface area contributed by atoms with Crippen LogP contribution in [0, 0.1) is 5.92 Å². The van der Waals surface area contributed by atoms with Crippen molar-refractivity contribution < 1.29 is 9.84 Å². The Balaban J connectivity index is 2.24. The number of rotatable bonds is 2. The quantitative estimate of drug-likeness (QED) is 0.896. The van der Waals surface area contributed by atoms with E-state index >= 15 is 0 Å². The van der Waals surface area contributed by atoms with Crippen LogP contribution in [0.5, 0.6) is 0 Å². The zero-order chi connectivity index (χ0) is 10.7. The lowest BCUT2D eigenvalue weighted by Gasteiger charge is -2.31. The zero-order valence-corrected chi connectivity index (χ0v) is 10.1. The average molecular weight is 271 g/mol. The molecular formula is C12H15BrO2. The van der Waals surface area contributed by atoms with Gasteiger partial charge in [0.1, 0.15) is 0 Å². The maximum atomic E-state index is 9.32. The van der Waals surface area contributed by atoms with Crippen molar-refractivity contribution in [3.05, 3.63) is 34.3 Å². The fraction of sp³-hybridized carbons (Fsp3) is 0.500. The van der Waals surface area contributed by atoms with Gasteiger partial charge in [0, 0.05) is 23.6 Å². The molecule has 2 atom stereocenters. The fourth-order valence-electron chi connectivity index (χ4n) is 2.08. The molecule has 2 rings (SSSR count). The molecule has 0 aromatic heterocycles. The fourth-order valence-corrected chi connectivity index (χ4v) is 2.59. The van der Waals surface area contributed by atoms with Gasteiger partial charge < -0.3 is 9.84 Å². The molecule has 0 aliphatic carbocycles. The summed E-state index contributed by atoms with van der Waals surface area (Å²) in [6.07, 6.45) is 2.13. The minimum atomic E-state index is 0.0410. The molecule has 0 spiro atoms. The molecule has 1 aliphatic heterocycles. The normalized spacial score (nSPS) is 26.5. The molecule has 1 saturated heterocycles. The Morgan fingerprint density at radius 3 is 2.93 bits per heavy atom. The van der Waals surface area contributed by atoms with Gasteiger partial charge in [-0.1, -0.05) is 34.1 Å². The van der Waals surface area contributed by atoms with Crippen LogP contribution in [0.4, 0.5) is 0 Å². The van der Waals surface area contributed by atoms with Crippen LogP contribution in [0.2, 0.25) is 0 Å². The topological polar surface area (TPSA) is 29.5 Å². The molecule has 0 bridgehead atoms. The van der Waals surface area contributed by atoms with Crippen LogP contribution in [-0.2, 0) is 4.74 Å². The first kappa shape index (κ1) is 11.1. The minimum Gasteiger partial charge on any atom is -0.396 e. The van der Waals surface area contributed by atoms with Crippen molar-refractivity contribution in [3.8, 4) is 0 Å². The van der Waals surface area contributed by atoms with Crippen molar-refractivity contribution in [3.63, 3.8) is 0 Å². The molecule has 1 heterocycles. The van der Waals surface area contributed by atoms with Crippen LogP contribution in [-0.4, -0.2) is 18.3 Å². The summed E-state index contributed by atoms with van der Waals surface area (Å²) in [6.45, 7) is 0.995. The van der Waals surface area contributed by atoms with E-state index in [9.17, 15) is 5.11 Å². The summed E-state index contributed by atoms with van der Waals surface area (Å²) in [5, 5.41) is 9.32. The molecule has 1 aliphatic rings. The van der Waals surface area contributed by atoms with Crippen molar-refractivity contribution in [2.45, 2.75) is 18.9 Å². The first-order chi connectivity index (χ1) is 7.33. The summed E-state index contributed by atoms with van der Waals surface area (Å²) in [7, 11) is 0. The monoisotopic (exact) mass is 270 g/mol. The number of hydrogen-bond acceptors (Lipinski definition) is 2. The van der Waals surface area contributed by atoms with Crippen molar-refractivity contribution in [1.29, 1.82) is 0 Å². The third kappa shape index (κ3) is 2.41. The SMILES string of the molecule is OCC1CCCOC1c1ccccc1Br. The van der Waals surface area contributed by atoms with Crippen LogP contribution in [0.15, 0.2) is 28.7 Å². The van der Waals surface area contributed by atoms with Crippen LogP contribution < -0.4 is 0 Å². The molecule has 15 heavy (non-hydrogen) atoms. The van der Waals surface area contributed by atoms with Gasteiger partial charge in [-0.05, 0) is 24.5 Å². The van der Waals surface area contributed by atoms with Crippen molar-refractivity contribution >= 4 is 15.9 Å².